The van der Waals surface area contributed by atoms with Crippen LogP contribution in [0.25, 0.3) is 0 Å². The van der Waals surface area contributed by atoms with Gasteiger partial charge in [0.05, 0.1) is 23.3 Å². The molecular formula is C31H37FN4O5. The highest BCUT2D eigenvalue weighted by Crippen LogP contribution is 2.35. The number of hydrogen-bond acceptors (Lipinski definition) is 8. The maximum Gasteiger partial charge on any atom is 0.410 e. The minimum Gasteiger partial charge on any atom is -0.457 e. The Bertz CT molecular complexity index is 1410. The van der Waals surface area contributed by atoms with Gasteiger partial charge in [-0.3, -0.25) is 14.7 Å². The Morgan fingerprint density at radius 3 is 2.63 bits per heavy atom. The number of aliphatic hydroxyl groups is 1. The number of amides is 1. The van der Waals surface area contributed by atoms with Crippen LogP contribution in [-0.2, 0) is 16.1 Å². The van der Waals surface area contributed by atoms with Gasteiger partial charge in [-0.25, -0.2) is 14.0 Å². The SMILES string of the molecule is Cc1c(C2CN3CCN(C[C@@H](O)c4ccc5c(c4C)COC5=O)CC3CN2C(=O)OC(C)(C)C)ccc(F)c1C#N. The van der Waals surface area contributed by atoms with Crippen LogP contribution in [-0.4, -0.2) is 82.8 Å². The topological polar surface area (TPSA) is 106 Å². The molecule has 2 aromatic carbocycles. The standard InChI is InChI=1S/C31H37FN4O5/c1-18-21(8-9-26(32)24(18)12-33)27-15-35-11-10-34(13-20(35)14-36(27)30(39)41-31(3,4)5)16-28(37)22-6-7-23-25(19(22)2)17-40-29(23)38/h6-9,20,27-28,37H,10-11,13-17H2,1-5H3/t20?,27?,28-/m1/s1. The lowest BCUT2D eigenvalue weighted by atomic mass is 9.92. The smallest absolute Gasteiger partial charge is 0.410 e. The molecule has 3 atom stereocenters. The minimum absolute atomic E-state index is 0.00282. The predicted molar refractivity (Wildman–Crippen MR) is 149 cm³/mol. The Morgan fingerprint density at radius 2 is 1.93 bits per heavy atom. The monoisotopic (exact) mass is 564 g/mol. The molecule has 2 unspecified atom stereocenters. The second-order valence-corrected chi connectivity index (χ2v) is 12.2. The average molecular weight is 565 g/mol. The number of piperazine rings is 2. The number of β-amino-alcohol motifs (C(OH)–C–C–N with tert-alkyl or cyclic N) is 1. The zero-order valence-corrected chi connectivity index (χ0v) is 24.2. The van der Waals surface area contributed by atoms with Gasteiger partial charge in [-0.1, -0.05) is 12.1 Å². The van der Waals surface area contributed by atoms with Crippen molar-refractivity contribution in [2.75, 3.05) is 39.3 Å². The van der Waals surface area contributed by atoms with Crippen molar-refractivity contribution >= 4 is 12.1 Å². The highest BCUT2D eigenvalue weighted by molar-refractivity contribution is 5.94. The first-order chi connectivity index (χ1) is 19.4. The van der Waals surface area contributed by atoms with E-state index < -0.39 is 29.7 Å². The van der Waals surface area contributed by atoms with Gasteiger partial charge in [0.15, 0.2) is 0 Å². The Labute approximate surface area is 240 Å². The first kappa shape index (κ1) is 29.0. The Hall–Kier alpha value is -3.52. The lowest BCUT2D eigenvalue weighted by molar-refractivity contribution is -0.0424. The van der Waals surface area contributed by atoms with Gasteiger partial charge in [-0.05, 0) is 69.0 Å². The Balaban J connectivity index is 1.35. The second-order valence-electron chi connectivity index (χ2n) is 12.2. The summed E-state index contributed by atoms with van der Waals surface area (Å²) in [4.78, 5) is 31.6. The number of aliphatic hydroxyl groups excluding tert-OH is 1. The van der Waals surface area contributed by atoms with Crippen molar-refractivity contribution in [3.8, 4) is 6.07 Å². The molecule has 0 aromatic heterocycles. The van der Waals surface area contributed by atoms with Crippen LogP contribution in [0.15, 0.2) is 24.3 Å². The van der Waals surface area contributed by atoms with Gasteiger partial charge in [0, 0.05) is 50.9 Å². The predicted octanol–water partition coefficient (Wildman–Crippen LogP) is 4.00. The number of fused-ring (bicyclic) bond motifs is 2. The molecule has 3 aliphatic rings. The van der Waals surface area contributed by atoms with Crippen LogP contribution >= 0.6 is 0 Å². The van der Waals surface area contributed by atoms with Gasteiger partial charge in [-0.15, -0.1) is 0 Å². The van der Waals surface area contributed by atoms with Crippen LogP contribution in [0.4, 0.5) is 9.18 Å². The molecule has 3 aliphatic heterocycles. The van der Waals surface area contributed by atoms with Crippen LogP contribution in [0.1, 0.15) is 76.7 Å². The van der Waals surface area contributed by atoms with E-state index in [4.69, 9.17) is 9.47 Å². The lowest BCUT2D eigenvalue weighted by Crippen LogP contribution is -2.64. The van der Waals surface area contributed by atoms with E-state index in [1.165, 1.54) is 6.07 Å². The van der Waals surface area contributed by atoms with Gasteiger partial charge in [0.2, 0.25) is 0 Å². The fourth-order valence-corrected chi connectivity index (χ4v) is 6.26. The van der Waals surface area contributed by atoms with Crippen molar-refractivity contribution in [1.82, 2.24) is 14.7 Å². The van der Waals surface area contributed by atoms with E-state index in [1.54, 1.807) is 30.0 Å². The number of benzene rings is 2. The Kier molecular flexibility index (Phi) is 7.81. The molecule has 41 heavy (non-hydrogen) atoms. The first-order valence-electron chi connectivity index (χ1n) is 14.0. The highest BCUT2D eigenvalue weighted by atomic mass is 19.1. The van der Waals surface area contributed by atoms with Gasteiger partial charge >= 0.3 is 12.1 Å². The van der Waals surface area contributed by atoms with Gasteiger partial charge < -0.3 is 14.6 Å². The molecule has 10 heteroatoms. The molecule has 2 saturated heterocycles. The molecule has 0 radical (unpaired) electrons. The second kappa shape index (κ2) is 11.0. The molecule has 1 amide bonds. The number of nitriles is 1. The minimum atomic E-state index is -0.743. The zero-order valence-electron chi connectivity index (χ0n) is 24.2. The third kappa shape index (κ3) is 5.67. The third-order valence-corrected chi connectivity index (χ3v) is 8.43. The van der Waals surface area contributed by atoms with Crippen molar-refractivity contribution in [2.45, 2.75) is 65.0 Å². The number of carbonyl (C=O) groups excluding carboxylic acids is 2. The molecule has 218 valence electrons. The Morgan fingerprint density at radius 1 is 1.17 bits per heavy atom. The summed E-state index contributed by atoms with van der Waals surface area (Å²) in [5.41, 5.74) is 3.61. The molecular weight excluding hydrogens is 527 g/mol. The van der Waals surface area contributed by atoms with Gasteiger partial charge in [-0.2, -0.15) is 5.26 Å². The van der Waals surface area contributed by atoms with Crippen LogP contribution < -0.4 is 0 Å². The number of esters is 1. The van der Waals surface area contributed by atoms with Crippen molar-refractivity contribution < 1.29 is 28.6 Å². The molecule has 2 fully saturated rings. The number of ether oxygens (including phenoxy) is 2. The summed E-state index contributed by atoms with van der Waals surface area (Å²) in [6.45, 7) is 12.7. The average Bonchev–Trinajstić information content (AvgIpc) is 3.29. The fourth-order valence-electron chi connectivity index (χ4n) is 6.26. The molecule has 5 rings (SSSR count). The highest BCUT2D eigenvalue weighted by Gasteiger charge is 2.42. The number of nitrogens with zero attached hydrogens (tertiary/aromatic N) is 4. The summed E-state index contributed by atoms with van der Waals surface area (Å²) < 4.78 is 25.3. The number of carbonyl (C=O) groups is 2. The van der Waals surface area contributed by atoms with E-state index in [0.29, 0.717) is 37.3 Å². The molecule has 3 heterocycles. The van der Waals surface area contributed by atoms with E-state index in [0.717, 1.165) is 35.3 Å². The van der Waals surface area contributed by atoms with E-state index >= 15 is 0 Å². The summed E-state index contributed by atoms with van der Waals surface area (Å²) >= 11 is 0. The number of rotatable bonds is 4. The summed E-state index contributed by atoms with van der Waals surface area (Å²) in [7, 11) is 0. The quantitative estimate of drug-likeness (QED) is 0.556. The first-order valence-corrected chi connectivity index (χ1v) is 14.0. The number of halogens is 1. The van der Waals surface area contributed by atoms with Crippen molar-refractivity contribution in [2.24, 2.45) is 0 Å². The molecule has 0 bridgehead atoms. The molecule has 0 aliphatic carbocycles. The molecule has 0 saturated carbocycles. The maximum absolute atomic E-state index is 14.3. The van der Waals surface area contributed by atoms with E-state index in [2.05, 4.69) is 9.80 Å². The van der Waals surface area contributed by atoms with E-state index in [1.807, 2.05) is 33.8 Å². The normalized spacial score (nSPS) is 22.0. The van der Waals surface area contributed by atoms with Crippen LogP contribution in [0.5, 0.6) is 0 Å². The summed E-state index contributed by atoms with van der Waals surface area (Å²) in [6.07, 6.45) is -1.20. The maximum atomic E-state index is 14.3. The zero-order chi connectivity index (χ0) is 29.6. The summed E-state index contributed by atoms with van der Waals surface area (Å²) in [6, 6.07) is 8.05. The number of hydrogen-bond donors (Lipinski definition) is 1. The largest absolute Gasteiger partial charge is 0.457 e. The molecule has 9 nitrogen and oxygen atoms in total. The fraction of sp³-hybridized carbons (Fsp3) is 0.516. The van der Waals surface area contributed by atoms with E-state index in [9.17, 15) is 24.3 Å². The van der Waals surface area contributed by atoms with Crippen LogP contribution in [0, 0.1) is 31.0 Å². The van der Waals surface area contributed by atoms with Gasteiger partial charge in [0.1, 0.15) is 24.1 Å². The number of cyclic esters (lactones) is 1. The summed E-state index contributed by atoms with van der Waals surface area (Å²) in [5.74, 6) is -0.902. The summed E-state index contributed by atoms with van der Waals surface area (Å²) in [5, 5.41) is 20.7. The van der Waals surface area contributed by atoms with Crippen molar-refractivity contribution in [3.63, 3.8) is 0 Å². The van der Waals surface area contributed by atoms with E-state index in [-0.39, 0.29) is 24.2 Å². The third-order valence-electron chi connectivity index (χ3n) is 8.43. The molecule has 2 aromatic rings. The molecule has 0 spiro atoms. The van der Waals surface area contributed by atoms with Crippen LogP contribution in [0.3, 0.4) is 0 Å². The lowest BCUT2D eigenvalue weighted by Gasteiger charge is -2.51. The van der Waals surface area contributed by atoms with Gasteiger partial charge in [0.25, 0.3) is 0 Å². The van der Waals surface area contributed by atoms with Crippen molar-refractivity contribution in [1.29, 1.82) is 5.26 Å². The van der Waals surface area contributed by atoms with Crippen molar-refractivity contribution in [3.05, 3.63) is 69.0 Å². The van der Waals surface area contributed by atoms with Crippen LogP contribution in [0.2, 0.25) is 0 Å². The molecule has 1 N–H and O–H groups in total.